The minimum Gasteiger partial charge on any atom is -0.448 e. The number of carbonyl (C=O) groups excluding carboxylic acids is 1. The summed E-state index contributed by atoms with van der Waals surface area (Å²) in [6.45, 7) is 6.45. The van der Waals surface area contributed by atoms with Gasteiger partial charge in [-0.05, 0) is 66.5 Å². The summed E-state index contributed by atoms with van der Waals surface area (Å²) in [5, 5.41) is 7.63. The van der Waals surface area contributed by atoms with Crippen LogP contribution in [0.15, 0.2) is 56.5 Å². The molecule has 3 aromatic rings. The van der Waals surface area contributed by atoms with Gasteiger partial charge in [0.15, 0.2) is 0 Å². The number of benzene rings is 2. The number of aromatic nitrogens is 2. The first-order chi connectivity index (χ1) is 15.2. The maximum Gasteiger partial charge on any atom is 0.442 e. The smallest absolute Gasteiger partial charge is 0.442 e. The standard InChI is InChI=1S/C22H26BrN5O3S/c1-5-31-22(29)28-32(4,30)16-8-6-7-15(9-16)12-24-20-11-19-17(10-18(20)23)21(26-13-25-19)27-14(2)3/h6-11,13-14,24H,5,12H2,1-4H3,(H,25,26,27). The maximum absolute atomic E-state index is 12.9. The Morgan fingerprint density at radius 3 is 2.75 bits per heavy atom. The predicted octanol–water partition coefficient (Wildman–Crippen LogP) is 5.44. The summed E-state index contributed by atoms with van der Waals surface area (Å²) in [6, 6.07) is 11.4. The molecular weight excluding hydrogens is 494 g/mol. The zero-order chi connectivity index (χ0) is 23.3. The molecule has 0 spiro atoms. The van der Waals surface area contributed by atoms with Gasteiger partial charge in [0.25, 0.3) is 0 Å². The fraction of sp³-hybridized carbons (Fsp3) is 0.318. The molecule has 1 amide bonds. The summed E-state index contributed by atoms with van der Waals surface area (Å²) >= 11 is 3.62. The number of fused-ring (bicyclic) bond motifs is 1. The third kappa shape index (κ3) is 5.95. The summed E-state index contributed by atoms with van der Waals surface area (Å²) in [5.41, 5.74) is 2.57. The van der Waals surface area contributed by atoms with Gasteiger partial charge in [0, 0.05) is 33.6 Å². The van der Waals surface area contributed by atoms with Crippen LogP contribution in [0.2, 0.25) is 0 Å². The van der Waals surface area contributed by atoms with Crippen LogP contribution in [0.25, 0.3) is 10.9 Å². The quantitative estimate of drug-likeness (QED) is 0.428. The second kappa shape index (κ2) is 10.3. The monoisotopic (exact) mass is 519 g/mol. The molecule has 0 radical (unpaired) electrons. The number of amides is 1. The highest BCUT2D eigenvalue weighted by molar-refractivity contribution is 9.10. The van der Waals surface area contributed by atoms with Crippen LogP contribution in [0, 0.1) is 0 Å². The van der Waals surface area contributed by atoms with Crippen molar-refractivity contribution in [3.05, 3.63) is 52.8 Å². The second-order valence-corrected chi connectivity index (χ2v) is 10.6. The lowest BCUT2D eigenvalue weighted by atomic mass is 10.2. The number of ether oxygens (including phenoxy) is 1. The van der Waals surface area contributed by atoms with E-state index in [-0.39, 0.29) is 12.6 Å². The van der Waals surface area contributed by atoms with Crippen LogP contribution in [0.1, 0.15) is 26.3 Å². The Morgan fingerprint density at radius 2 is 2.03 bits per heavy atom. The second-order valence-electron chi connectivity index (χ2n) is 7.46. The lowest BCUT2D eigenvalue weighted by Crippen LogP contribution is -2.11. The van der Waals surface area contributed by atoms with Crippen LogP contribution in [0.4, 0.5) is 16.3 Å². The topological polar surface area (TPSA) is 106 Å². The summed E-state index contributed by atoms with van der Waals surface area (Å²) in [7, 11) is -2.90. The summed E-state index contributed by atoms with van der Waals surface area (Å²) < 4.78 is 22.3. The molecular formula is C22H26BrN5O3S. The number of anilines is 2. The summed E-state index contributed by atoms with van der Waals surface area (Å²) in [4.78, 5) is 20.9. The number of hydrogen-bond acceptors (Lipinski definition) is 7. The molecule has 3 rings (SSSR count). The molecule has 0 bridgehead atoms. The Bertz CT molecular complexity index is 1260. The Balaban J connectivity index is 1.83. The highest BCUT2D eigenvalue weighted by Crippen LogP contribution is 2.31. The van der Waals surface area contributed by atoms with E-state index in [1.54, 1.807) is 31.5 Å². The Labute approximate surface area is 196 Å². The van der Waals surface area contributed by atoms with Gasteiger partial charge in [-0.15, -0.1) is 4.36 Å². The van der Waals surface area contributed by atoms with Crippen molar-refractivity contribution in [3.8, 4) is 0 Å². The Morgan fingerprint density at radius 1 is 1.25 bits per heavy atom. The van der Waals surface area contributed by atoms with Crippen molar-refractivity contribution < 1.29 is 13.7 Å². The molecule has 0 fully saturated rings. The Kier molecular flexibility index (Phi) is 7.68. The number of hydrogen-bond donors (Lipinski definition) is 2. The number of nitrogens with one attached hydrogen (secondary N) is 2. The van der Waals surface area contributed by atoms with E-state index in [0.717, 1.165) is 32.4 Å². The van der Waals surface area contributed by atoms with Gasteiger partial charge in [0.05, 0.1) is 27.5 Å². The highest BCUT2D eigenvalue weighted by Gasteiger charge is 2.12. The number of rotatable bonds is 7. The van der Waals surface area contributed by atoms with E-state index < -0.39 is 15.8 Å². The number of halogens is 1. The van der Waals surface area contributed by atoms with Crippen molar-refractivity contribution in [1.29, 1.82) is 0 Å². The van der Waals surface area contributed by atoms with Crippen molar-refractivity contribution in [2.24, 2.45) is 4.36 Å². The average Bonchev–Trinajstić information content (AvgIpc) is 2.72. The molecule has 0 aliphatic rings. The fourth-order valence-corrected chi connectivity index (χ4v) is 4.66. The molecule has 2 aromatic carbocycles. The molecule has 1 heterocycles. The van der Waals surface area contributed by atoms with E-state index in [2.05, 4.69) is 54.7 Å². The van der Waals surface area contributed by atoms with E-state index >= 15 is 0 Å². The van der Waals surface area contributed by atoms with Crippen molar-refractivity contribution in [2.75, 3.05) is 23.5 Å². The predicted molar refractivity (Wildman–Crippen MR) is 132 cm³/mol. The first-order valence-electron chi connectivity index (χ1n) is 10.1. The number of carbonyl (C=O) groups is 1. The first kappa shape index (κ1) is 23.9. The third-order valence-corrected chi connectivity index (χ3v) is 6.77. The maximum atomic E-state index is 12.9. The fourth-order valence-electron chi connectivity index (χ4n) is 3.03. The van der Waals surface area contributed by atoms with E-state index in [4.69, 9.17) is 4.74 Å². The average molecular weight is 520 g/mol. The molecule has 1 atom stereocenters. The molecule has 8 nitrogen and oxygen atoms in total. The van der Waals surface area contributed by atoms with Crippen molar-refractivity contribution in [3.63, 3.8) is 0 Å². The largest absolute Gasteiger partial charge is 0.448 e. The summed E-state index contributed by atoms with van der Waals surface area (Å²) in [5.74, 6) is 0.785. The van der Waals surface area contributed by atoms with Gasteiger partial charge in [-0.1, -0.05) is 12.1 Å². The van der Waals surface area contributed by atoms with Crippen LogP contribution in [0.3, 0.4) is 0 Å². The molecule has 1 unspecified atom stereocenters. The van der Waals surface area contributed by atoms with Gasteiger partial charge in [0.1, 0.15) is 12.1 Å². The molecule has 2 N–H and O–H groups in total. The molecule has 170 valence electrons. The summed E-state index contributed by atoms with van der Waals surface area (Å²) in [6.07, 6.45) is 2.15. The van der Waals surface area contributed by atoms with Crippen LogP contribution in [0.5, 0.6) is 0 Å². The highest BCUT2D eigenvalue weighted by atomic mass is 79.9. The van der Waals surface area contributed by atoms with E-state index in [9.17, 15) is 9.00 Å². The first-order valence-corrected chi connectivity index (χ1v) is 12.8. The molecule has 1 aromatic heterocycles. The zero-order valence-corrected chi connectivity index (χ0v) is 20.8. The zero-order valence-electron chi connectivity index (χ0n) is 18.4. The van der Waals surface area contributed by atoms with Gasteiger partial charge in [-0.2, -0.15) is 0 Å². The van der Waals surface area contributed by atoms with Gasteiger partial charge < -0.3 is 15.4 Å². The van der Waals surface area contributed by atoms with E-state index in [1.807, 2.05) is 18.2 Å². The van der Waals surface area contributed by atoms with Crippen LogP contribution in [-0.2, 0) is 21.0 Å². The van der Waals surface area contributed by atoms with Gasteiger partial charge in [-0.3, -0.25) is 0 Å². The SMILES string of the molecule is CCOC(=O)N=S(C)(=O)c1cccc(CNc2cc3ncnc(NC(C)C)c3cc2Br)c1. The van der Waals surface area contributed by atoms with E-state index in [1.165, 1.54) is 6.26 Å². The molecule has 0 saturated heterocycles. The normalized spacial score (nSPS) is 12.9. The van der Waals surface area contributed by atoms with Gasteiger partial charge >= 0.3 is 6.09 Å². The van der Waals surface area contributed by atoms with Crippen molar-refractivity contribution in [1.82, 2.24) is 9.97 Å². The minimum absolute atomic E-state index is 0.183. The van der Waals surface area contributed by atoms with Crippen LogP contribution >= 0.6 is 15.9 Å². The van der Waals surface area contributed by atoms with Crippen LogP contribution in [-0.4, -0.2) is 39.2 Å². The van der Waals surface area contributed by atoms with Crippen LogP contribution < -0.4 is 10.6 Å². The minimum atomic E-state index is -2.90. The molecule has 0 saturated carbocycles. The molecule has 10 heteroatoms. The third-order valence-electron chi connectivity index (χ3n) is 4.48. The van der Waals surface area contributed by atoms with Crippen molar-refractivity contribution in [2.45, 2.75) is 38.3 Å². The van der Waals surface area contributed by atoms with Crippen molar-refractivity contribution >= 4 is 54.2 Å². The lowest BCUT2D eigenvalue weighted by Gasteiger charge is -2.14. The molecule has 0 aliphatic carbocycles. The van der Waals surface area contributed by atoms with Gasteiger partial charge in [-0.25, -0.2) is 19.0 Å². The molecule has 0 aliphatic heterocycles. The molecule has 32 heavy (non-hydrogen) atoms. The van der Waals surface area contributed by atoms with Gasteiger partial charge in [0.2, 0.25) is 0 Å². The lowest BCUT2D eigenvalue weighted by molar-refractivity contribution is 0.164. The Hall–Kier alpha value is -2.72. The number of nitrogens with zero attached hydrogens (tertiary/aromatic N) is 3. The van der Waals surface area contributed by atoms with E-state index in [0.29, 0.717) is 11.4 Å².